The van der Waals surface area contributed by atoms with E-state index in [2.05, 4.69) is 0 Å². The normalized spacial score (nSPS) is 17.7. The van der Waals surface area contributed by atoms with Gasteiger partial charge in [-0.15, -0.1) is 0 Å². The van der Waals surface area contributed by atoms with Crippen molar-refractivity contribution in [2.45, 2.75) is 18.2 Å². The van der Waals surface area contributed by atoms with Crippen LogP contribution in [-0.2, 0) is 14.8 Å². The van der Waals surface area contributed by atoms with Crippen molar-refractivity contribution in [1.82, 2.24) is 4.31 Å². The van der Waals surface area contributed by atoms with Crippen LogP contribution in [0.25, 0.3) is 0 Å². The molecular weight excluding hydrogens is 254 g/mol. The van der Waals surface area contributed by atoms with E-state index in [0.29, 0.717) is 18.9 Å². The summed E-state index contributed by atoms with van der Waals surface area (Å²) in [5.41, 5.74) is 0.802. The second-order valence-corrected chi connectivity index (χ2v) is 6.14. The molecule has 0 N–H and O–H groups in total. The Hall–Kier alpha value is -1.11. The van der Waals surface area contributed by atoms with Crippen LogP contribution in [0.1, 0.15) is 12.0 Å². The molecule has 6 heteroatoms. The van der Waals surface area contributed by atoms with E-state index in [-0.39, 0.29) is 11.6 Å². The minimum absolute atomic E-state index is 0.132. The summed E-state index contributed by atoms with van der Waals surface area (Å²) in [4.78, 5) is 0.284. The van der Waals surface area contributed by atoms with E-state index in [1.807, 2.05) is 6.92 Å². The van der Waals surface area contributed by atoms with Gasteiger partial charge in [-0.1, -0.05) is 0 Å². The topological polar surface area (TPSA) is 55.8 Å². The molecule has 1 fully saturated rings. The third-order valence-electron chi connectivity index (χ3n) is 2.94. The Morgan fingerprint density at radius 2 is 2.17 bits per heavy atom. The summed E-state index contributed by atoms with van der Waals surface area (Å²) in [7, 11) is -1.89. The maximum atomic E-state index is 12.3. The molecule has 18 heavy (non-hydrogen) atoms. The Morgan fingerprint density at radius 1 is 1.39 bits per heavy atom. The van der Waals surface area contributed by atoms with E-state index >= 15 is 0 Å². The van der Waals surface area contributed by atoms with Gasteiger partial charge in [0.15, 0.2) is 0 Å². The molecule has 0 saturated carbocycles. The molecule has 0 atom stereocenters. The smallest absolute Gasteiger partial charge is 0.245 e. The monoisotopic (exact) mass is 271 g/mol. The van der Waals surface area contributed by atoms with Crippen molar-refractivity contribution in [3.8, 4) is 5.75 Å². The summed E-state index contributed by atoms with van der Waals surface area (Å²) >= 11 is 0. The zero-order valence-corrected chi connectivity index (χ0v) is 11.4. The first-order chi connectivity index (χ1) is 8.55. The molecule has 1 aliphatic heterocycles. The zero-order valence-electron chi connectivity index (χ0n) is 10.5. The van der Waals surface area contributed by atoms with Gasteiger partial charge >= 0.3 is 0 Å². The SMILES string of the molecule is COc1ccc(S(=O)(=O)N2CCCOC2)cc1C. The highest BCUT2D eigenvalue weighted by Gasteiger charge is 2.26. The lowest BCUT2D eigenvalue weighted by Gasteiger charge is -2.26. The van der Waals surface area contributed by atoms with Crippen molar-refractivity contribution in [2.24, 2.45) is 0 Å². The number of hydrogen-bond donors (Lipinski definition) is 0. The Balaban J connectivity index is 2.32. The van der Waals surface area contributed by atoms with Crippen LogP contribution in [0.15, 0.2) is 23.1 Å². The second-order valence-electron chi connectivity index (χ2n) is 4.20. The molecule has 0 spiro atoms. The van der Waals surface area contributed by atoms with Crippen molar-refractivity contribution in [3.05, 3.63) is 23.8 Å². The molecule has 1 saturated heterocycles. The van der Waals surface area contributed by atoms with Gasteiger partial charge in [0, 0.05) is 13.2 Å². The van der Waals surface area contributed by atoms with Gasteiger partial charge in [-0.25, -0.2) is 8.42 Å². The molecule has 2 rings (SSSR count). The van der Waals surface area contributed by atoms with Crippen molar-refractivity contribution < 1.29 is 17.9 Å². The van der Waals surface area contributed by atoms with Crippen molar-refractivity contribution in [2.75, 3.05) is 27.0 Å². The predicted molar refractivity (Wildman–Crippen MR) is 67.1 cm³/mol. The zero-order chi connectivity index (χ0) is 13.2. The lowest BCUT2D eigenvalue weighted by molar-refractivity contribution is 0.0313. The van der Waals surface area contributed by atoms with Gasteiger partial charge < -0.3 is 9.47 Å². The fraction of sp³-hybridized carbons (Fsp3) is 0.500. The van der Waals surface area contributed by atoms with Crippen LogP contribution >= 0.6 is 0 Å². The Morgan fingerprint density at radius 3 is 2.72 bits per heavy atom. The summed E-state index contributed by atoms with van der Waals surface area (Å²) in [5.74, 6) is 0.684. The average molecular weight is 271 g/mol. The number of ether oxygens (including phenoxy) is 2. The number of hydrogen-bond acceptors (Lipinski definition) is 4. The van der Waals surface area contributed by atoms with E-state index in [9.17, 15) is 8.42 Å². The van der Waals surface area contributed by atoms with Crippen LogP contribution in [0, 0.1) is 6.92 Å². The highest BCUT2D eigenvalue weighted by atomic mass is 32.2. The Labute approximate surface area is 107 Å². The van der Waals surface area contributed by atoms with E-state index < -0.39 is 10.0 Å². The molecule has 1 heterocycles. The maximum absolute atomic E-state index is 12.3. The fourth-order valence-corrected chi connectivity index (χ4v) is 3.37. The fourth-order valence-electron chi connectivity index (χ4n) is 1.92. The largest absolute Gasteiger partial charge is 0.496 e. The average Bonchev–Trinajstić information content (AvgIpc) is 2.39. The highest BCUT2D eigenvalue weighted by molar-refractivity contribution is 7.89. The van der Waals surface area contributed by atoms with Crippen molar-refractivity contribution in [3.63, 3.8) is 0 Å². The minimum atomic E-state index is -3.46. The highest BCUT2D eigenvalue weighted by Crippen LogP contribution is 2.24. The summed E-state index contributed by atoms with van der Waals surface area (Å²) < 4.78 is 36.4. The van der Waals surface area contributed by atoms with Crippen molar-refractivity contribution >= 4 is 10.0 Å². The van der Waals surface area contributed by atoms with Gasteiger partial charge in [0.2, 0.25) is 10.0 Å². The predicted octanol–water partition coefficient (Wildman–Crippen LogP) is 1.37. The molecule has 0 bridgehead atoms. The van der Waals surface area contributed by atoms with Crippen LogP contribution in [0.3, 0.4) is 0 Å². The molecule has 1 aliphatic rings. The van der Waals surface area contributed by atoms with E-state index in [1.165, 1.54) is 4.31 Å². The maximum Gasteiger partial charge on any atom is 0.245 e. The second kappa shape index (κ2) is 5.26. The number of sulfonamides is 1. The van der Waals surface area contributed by atoms with E-state index in [4.69, 9.17) is 9.47 Å². The van der Waals surface area contributed by atoms with E-state index in [1.54, 1.807) is 25.3 Å². The van der Waals surface area contributed by atoms with Gasteiger partial charge in [-0.3, -0.25) is 0 Å². The third kappa shape index (κ3) is 2.50. The van der Waals surface area contributed by atoms with Crippen LogP contribution in [0.2, 0.25) is 0 Å². The number of benzene rings is 1. The van der Waals surface area contributed by atoms with Crippen LogP contribution in [0.4, 0.5) is 0 Å². The lowest BCUT2D eigenvalue weighted by atomic mass is 10.2. The number of aryl methyl sites for hydroxylation is 1. The van der Waals surface area contributed by atoms with Gasteiger partial charge in [0.05, 0.1) is 12.0 Å². The molecule has 100 valence electrons. The molecule has 0 unspecified atom stereocenters. The third-order valence-corrected chi connectivity index (χ3v) is 4.75. The summed E-state index contributed by atoms with van der Waals surface area (Å²) in [5, 5.41) is 0. The lowest BCUT2D eigenvalue weighted by Crippen LogP contribution is -2.38. The minimum Gasteiger partial charge on any atom is -0.496 e. The molecule has 0 radical (unpaired) electrons. The van der Waals surface area contributed by atoms with Crippen LogP contribution in [0.5, 0.6) is 5.75 Å². The molecule has 0 amide bonds. The van der Waals surface area contributed by atoms with Gasteiger partial charge in [0.25, 0.3) is 0 Å². The summed E-state index contributed by atoms with van der Waals surface area (Å²) in [6, 6.07) is 4.87. The summed E-state index contributed by atoms with van der Waals surface area (Å²) in [6.07, 6.45) is 0.731. The molecule has 1 aromatic rings. The molecular formula is C12H17NO4S. The first kappa shape index (κ1) is 13.3. The van der Waals surface area contributed by atoms with Crippen LogP contribution < -0.4 is 4.74 Å². The quantitative estimate of drug-likeness (QED) is 0.833. The number of nitrogens with zero attached hydrogens (tertiary/aromatic N) is 1. The first-order valence-corrected chi connectivity index (χ1v) is 7.22. The van der Waals surface area contributed by atoms with Gasteiger partial charge in [-0.2, -0.15) is 4.31 Å². The van der Waals surface area contributed by atoms with Gasteiger partial charge in [-0.05, 0) is 37.1 Å². The van der Waals surface area contributed by atoms with Gasteiger partial charge in [0.1, 0.15) is 12.5 Å². The molecule has 0 aliphatic carbocycles. The Bertz CT molecular complexity index is 521. The number of methoxy groups -OCH3 is 1. The Kier molecular flexibility index (Phi) is 3.89. The van der Waals surface area contributed by atoms with Crippen LogP contribution in [-0.4, -0.2) is 39.7 Å². The first-order valence-electron chi connectivity index (χ1n) is 5.78. The molecule has 0 aromatic heterocycles. The molecule has 5 nitrogen and oxygen atoms in total. The molecule has 1 aromatic carbocycles. The summed E-state index contributed by atoms with van der Waals surface area (Å²) in [6.45, 7) is 3.08. The van der Waals surface area contributed by atoms with E-state index in [0.717, 1.165) is 12.0 Å². The number of rotatable bonds is 3. The van der Waals surface area contributed by atoms with Crippen molar-refractivity contribution in [1.29, 1.82) is 0 Å². The standard InChI is InChI=1S/C12H17NO4S/c1-10-8-11(4-5-12(10)16-2)18(14,15)13-6-3-7-17-9-13/h4-5,8H,3,6-7,9H2,1-2H3.